The Bertz CT molecular complexity index is 854. The normalized spacial score (nSPS) is 27.3. The van der Waals surface area contributed by atoms with Gasteiger partial charge in [0.2, 0.25) is 0 Å². The van der Waals surface area contributed by atoms with Gasteiger partial charge in [-0.3, -0.25) is 4.79 Å². The number of carbonyl (C=O) groups is 1. The molecule has 0 spiro atoms. The zero-order valence-electron chi connectivity index (χ0n) is 15.6. The Morgan fingerprint density at radius 3 is 2.64 bits per heavy atom. The van der Waals surface area contributed by atoms with Gasteiger partial charge in [-0.05, 0) is 48.1 Å². The molecule has 2 aromatic carbocycles. The van der Waals surface area contributed by atoms with E-state index in [2.05, 4.69) is 0 Å². The van der Waals surface area contributed by atoms with E-state index in [-0.39, 0.29) is 18.3 Å². The van der Waals surface area contributed by atoms with Crippen LogP contribution in [-0.2, 0) is 16.0 Å². The van der Waals surface area contributed by atoms with Gasteiger partial charge >= 0.3 is 0 Å². The summed E-state index contributed by atoms with van der Waals surface area (Å²) in [4.78, 5) is 14.4. The minimum Gasteiger partial charge on any atom is -0.368 e. The van der Waals surface area contributed by atoms with Crippen molar-refractivity contribution in [2.24, 2.45) is 5.73 Å². The molecule has 2 heterocycles. The molecule has 2 aromatic rings. The monoisotopic (exact) mass is 386 g/mol. The number of ether oxygens (including phenoxy) is 1. The fourth-order valence-electron chi connectivity index (χ4n) is 4.14. The van der Waals surface area contributed by atoms with Crippen molar-refractivity contribution in [3.05, 3.63) is 59.9 Å². The van der Waals surface area contributed by atoms with Crippen LogP contribution >= 0.6 is 0 Å². The summed E-state index contributed by atoms with van der Waals surface area (Å²) in [6, 6.07) is 12.9. The van der Waals surface area contributed by atoms with Crippen LogP contribution in [-0.4, -0.2) is 48.3 Å². The van der Waals surface area contributed by atoms with Gasteiger partial charge < -0.3 is 15.4 Å². The third-order valence-corrected chi connectivity index (χ3v) is 5.65. The van der Waals surface area contributed by atoms with Gasteiger partial charge in [0.05, 0.1) is 18.6 Å². The lowest BCUT2D eigenvalue weighted by Gasteiger charge is -2.28. The quantitative estimate of drug-likeness (QED) is 0.879. The van der Waals surface area contributed by atoms with E-state index in [1.807, 2.05) is 30.3 Å². The first-order chi connectivity index (χ1) is 13.5. The first kappa shape index (κ1) is 19.0. The summed E-state index contributed by atoms with van der Waals surface area (Å²) in [5.74, 6) is -0.464. The number of amides is 1. The third kappa shape index (κ3) is 3.80. The maximum absolute atomic E-state index is 14.4. The molecule has 148 valence electrons. The summed E-state index contributed by atoms with van der Waals surface area (Å²) in [7, 11) is 0. The molecule has 2 aliphatic heterocycles. The van der Waals surface area contributed by atoms with Crippen LogP contribution < -0.4 is 5.73 Å². The van der Waals surface area contributed by atoms with Gasteiger partial charge in [-0.2, -0.15) is 0 Å². The average molecular weight is 386 g/mol. The first-order valence-electron chi connectivity index (χ1n) is 9.69. The molecule has 28 heavy (non-hydrogen) atoms. The summed E-state index contributed by atoms with van der Waals surface area (Å²) in [5, 5.41) is 0. The summed E-state index contributed by atoms with van der Waals surface area (Å²) >= 11 is 0. The number of hydrogen-bond donors (Lipinski definition) is 1. The Labute approximate surface area is 163 Å². The molecule has 4 nitrogen and oxygen atoms in total. The van der Waals surface area contributed by atoms with E-state index in [4.69, 9.17) is 10.5 Å². The van der Waals surface area contributed by atoms with Gasteiger partial charge in [-0.15, -0.1) is 0 Å². The Morgan fingerprint density at radius 2 is 1.93 bits per heavy atom. The molecule has 0 aliphatic carbocycles. The predicted octanol–water partition coefficient (Wildman–Crippen LogP) is 3.09. The molecule has 1 amide bonds. The molecule has 0 saturated carbocycles. The van der Waals surface area contributed by atoms with Crippen molar-refractivity contribution in [2.75, 3.05) is 13.2 Å². The van der Waals surface area contributed by atoms with E-state index in [1.54, 1.807) is 11.0 Å². The lowest BCUT2D eigenvalue weighted by Crippen LogP contribution is -2.48. The number of rotatable bonds is 4. The summed E-state index contributed by atoms with van der Waals surface area (Å²) in [6.07, 6.45) is 0.225. The highest BCUT2D eigenvalue weighted by molar-refractivity contribution is 5.82. The maximum Gasteiger partial charge on any atom is 0.252 e. The fourth-order valence-corrected chi connectivity index (χ4v) is 4.14. The Balaban J connectivity index is 1.56. The van der Waals surface area contributed by atoms with Crippen LogP contribution in [0.2, 0.25) is 0 Å². The minimum absolute atomic E-state index is 0.00805. The zero-order valence-corrected chi connectivity index (χ0v) is 15.6. The first-order valence-corrected chi connectivity index (χ1v) is 9.69. The summed E-state index contributed by atoms with van der Waals surface area (Å²) in [5.41, 5.74) is 8.68. The zero-order chi connectivity index (χ0) is 19.7. The van der Waals surface area contributed by atoms with Crippen LogP contribution in [0.25, 0.3) is 11.1 Å². The number of carbonyl (C=O) groups excluding carboxylic acids is 1. The second-order valence-corrected chi connectivity index (χ2v) is 7.57. The smallest absolute Gasteiger partial charge is 0.252 e. The summed E-state index contributed by atoms with van der Waals surface area (Å²) < 4.78 is 33.4. The number of nitrogens with two attached hydrogens (primary N) is 1. The number of hydrogen-bond acceptors (Lipinski definition) is 3. The van der Waals surface area contributed by atoms with Crippen molar-refractivity contribution in [1.82, 2.24) is 4.90 Å². The van der Waals surface area contributed by atoms with Crippen molar-refractivity contribution < 1.29 is 18.3 Å². The maximum atomic E-state index is 14.4. The third-order valence-electron chi connectivity index (χ3n) is 5.65. The number of likely N-dealkylation sites (tertiary alicyclic amines) is 1. The molecular weight excluding hydrogens is 362 g/mol. The molecule has 6 heteroatoms. The molecular formula is C22H24F2N2O2. The van der Waals surface area contributed by atoms with Crippen molar-refractivity contribution in [3.8, 4) is 11.1 Å². The van der Waals surface area contributed by atoms with Crippen LogP contribution in [0, 0.1) is 5.82 Å². The van der Waals surface area contributed by atoms with Crippen LogP contribution in [0.4, 0.5) is 8.78 Å². The minimum atomic E-state index is -1.25. The predicted molar refractivity (Wildman–Crippen MR) is 103 cm³/mol. The average Bonchev–Trinajstić information content (AvgIpc) is 3.32. The van der Waals surface area contributed by atoms with Gasteiger partial charge in [0.15, 0.2) is 0 Å². The molecule has 2 N–H and O–H groups in total. The van der Waals surface area contributed by atoms with E-state index in [9.17, 15) is 13.6 Å². The highest BCUT2D eigenvalue weighted by atomic mass is 19.1. The molecule has 0 radical (unpaired) electrons. The van der Waals surface area contributed by atoms with Crippen molar-refractivity contribution in [3.63, 3.8) is 0 Å². The van der Waals surface area contributed by atoms with Crippen molar-refractivity contribution in [1.29, 1.82) is 0 Å². The van der Waals surface area contributed by atoms with Gasteiger partial charge in [-0.1, -0.05) is 36.4 Å². The number of halogens is 2. The molecule has 0 aromatic heterocycles. The van der Waals surface area contributed by atoms with E-state index < -0.39 is 24.4 Å². The van der Waals surface area contributed by atoms with Gasteiger partial charge in [0, 0.05) is 6.61 Å². The molecule has 4 rings (SSSR count). The Hall–Kier alpha value is -2.31. The second-order valence-electron chi connectivity index (χ2n) is 7.57. The topological polar surface area (TPSA) is 55.6 Å². The molecule has 2 fully saturated rings. The number of alkyl halides is 1. The lowest BCUT2D eigenvalue weighted by molar-refractivity contribution is -0.142. The van der Waals surface area contributed by atoms with Crippen LogP contribution in [0.15, 0.2) is 48.5 Å². The van der Waals surface area contributed by atoms with Crippen molar-refractivity contribution >= 4 is 5.91 Å². The Kier molecular flexibility index (Phi) is 5.42. The highest BCUT2D eigenvalue weighted by Gasteiger charge is 2.44. The van der Waals surface area contributed by atoms with Crippen LogP contribution in [0.3, 0.4) is 0 Å². The Morgan fingerprint density at radius 1 is 1.18 bits per heavy atom. The lowest BCUT2D eigenvalue weighted by atomic mass is 9.96. The van der Waals surface area contributed by atoms with E-state index in [0.29, 0.717) is 19.4 Å². The largest absolute Gasteiger partial charge is 0.368 e. The SMILES string of the molecule is N[C@H]1[C@@H](F)CN(C(=O)[C@@H]2CCCO2)[C@H]1Cc1cccc(-c2cccc(F)c2)c1. The van der Waals surface area contributed by atoms with Gasteiger partial charge in [-0.25, -0.2) is 8.78 Å². The van der Waals surface area contributed by atoms with E-state index in [0.717, 1.165) is 23.1 Å². The van der Waals surface area contributed by atoms with Gasteiger partial charge in [0.1, 0.15) is 18.1 Å². The molecule has 4 atom stereocenters. The molecule has 2 saturated heterocycles. The standard InChI is InChI=1S/C22H24F2N2O2/c23-17-7-2-6-16(12-17)15-5-1-4-14(10-15)11-19-21(25)18(24)13-26(19)22(27)20-8-3-9-28-20/h1-2,4-7,10,12,18-21H,3,8-9,11,13,25H2/t18-,19-,20-,21-/m0/s1. The molecule has 0 unspecified atom stereocenters. The van der Waals surface area contributed by atoms with Crippen LogP contribution in [0.1, 0.15) is 18.4 Å². The fraction of sp³-hybridized carbons (Fsp3) is 0.409. The van der Waals surface area contributed by atoms with Gasteiger partial charge in [0.25, 0.3) is 5.91 Å². The highest BCUT2D eigenvalue weighted by Crippen LogP contribution is 2.28. The summed E-state index contributed by atoms with van der Waals surface area (Å²) in [6.45, 7) is 0.573. The number of nitrogens with zero attached hydrogens (tertiary/aromatic N) is 1. The van der Waals surface area contributed by atoms with E-state index >= 15 is 0 Å². The van der Waals surface area contributed by atoms with E-state index in [1.165, 1.54) is 12.1 Å². The molecule has 0 bridgehead atoms. The number of benzene rings is 2. The molecule has 2 aliphatic rings. The van der Waals surface area contributed by atoms with Crippen molar-refractivity contribution in [2.45, 2.75) is 43.6 Å². The van der Waals surface area contributed by atoms with Crippen LogP contribution in [0.5, 0.6) is 0 Å². The second kappa shape index (κ2) is 7.97.